The Morgan fingerprint density at radius 1 is 1.33 bits per heavy atom. The number of fused-ring (bicyclic) bond motifs is 5. The fraction of sp³-hybridized carbons (Fsp3) is 0.375. The molecule has 2 atom stereocenters. The zero-order valence-corrected chi connectivity index (χ0v) is 19.0. The van der Waals surface area contributed by atoms with Crippen LogP contribution in [0.4, 0.5) is 4.39 Å². The first-order chi connectivity index (χ1) is 15.8. The highest BCUT2D eigenvalue weighted by atomic mass is 32.2. The first kappa shape index (κ1) is 20.8. The van der Waals surface area contributed by atoms with Gasteiger partial charge in [-0.3, -0.25) is 4.79 Å². The summed E-state index contributed by atoms with van der Waals surface area (Å²) in [5.74, 6) is -0.459. The third-order valence-electron chi connectivity index (χ3n) is 7.15. The van der Waals surface area contributed by atoms with Crippen LogP contribution >= 0.6 is 11.8 Å². The van der Waals surface area contributed by atoms with Crippen molar-refractivity contribution in [1.82, 2.24) is 9.55 Å². The van der Waals surface area contributed by atoms with E-state index in [4.69, 9.17) is 15.5 Å². The van der Waals surface area contributed by atoms with Gasteiger partial charge >= 0.3 is 5.97 Å². The van der Waals surface area contributed by atoms with E-state index in [0.717, 1.165) is 21.4 Å². The Balaban J connectivity index is 1.69. The van der Waals surface area contributed by atoms with Gasteiger partial charge in [0.2, 0.25) is 0 Å². The Labute approximate surface area is 192 Å². The van der Waals surface area contributed by atoms with Gasteiger partial charge in [-0.2, -0.15) is 0 Å². The molecule has 1 unspecified atom stereocenters. The molecule has 3 aliphatic heterocycles. The molecule has 170 valence electrons. The average molecular weight is 468 g/mol. The lowest BCUT2D eigenvalue weighted by atomic mass is 9.86. The molecular formula is C24H22FN3O4S. The monoisotopic (exact) mass is 467 g/mol. The fourth-order valence-electron chi connectivity index (χ4n) is 5.41. The third-order valence-corrected chi connectivity index (χ3v) is 8.42. The molecular weight excluding hydrogens is 445 g/mol. The van der Waals surface area contributed by atoms with E-state index in [1.807, 2.05) is 6.92 Å². The Hall–Kier alpha value is -2.75. The van der Waals surface area contributed by atoms with Crippen LogP contribution in [0.1, 0.15) is 54.1 Å². The summed E-state index contributed by atoms with van der Waals surface area (Å²) in [5.41, 5.74) is 8.82. The van der Waals surface area contributed by atoms with Crippen molar-refractivity contribution in [3.8, 4) is 11.4 Å². The number of pyridine rings is 2. The van der Waals surface area contributed by atoms with Crippen molar-refractivity contribution < 1.29 is 19.0 Å². The molecule has 6 rings (SSSR count). The first-order valence-electron chi connectivity index (χ1n) is 11.0. The molecule has 0 fully saturated rings. The number of benzene rings is 1. The third kappa shape index (κ3) is 2.55. The number of hydrogen-bond donors (Lipinski definition) is 2. The van der Waals surface area contributed by atoms with E-state index in [0.29, 0.717) is 34.6 Å². The lowest BCUT2D eigenvalue weighted by Crippen LogP contribution is -2.44. The zero-order chi connectivity index (χ0) is 23.2. The normalized spacial score (nSPS) is 22.7. The number of ether oxygens (including phenoxy) is 1. The maximum absolute atomic E-state index is 14.9. The van der Waals surface area contributed by atoms with Crippen molar-refractivity contribution in [3.63, 3.8) is 0 Å². The van der Waals surface area contributed by atoms with Gasteiger partial charge in [0.05, 0.1) is 29.0 Å². The van der Waals surface area contributed by atoms with Gasteiger partial charge in [-0.05, 0) is 24.5 Å². The first-order valence-corrected chi connectivity index (χ1v) is 12.0. The van der Waals surface area contributed by atoms with Crippen LogP contribution in [-0.4, -0.2) is 26.4 Å². The van der Waals surface area contributed by atoms with Crippen LogP contribution in [-0.2, 0) is 34.7 Å². The minimum Gasteiger partial charge on any atom is -0.458 e. The van der Waals surface area contributed by atoms with Gasteiger partial charge in [-0.15, -0.1) is 11.8 Å². The number of hydrogen-bond acceptors (Lipinski definition) is 7. The summed E-state index contributed by atoms with van der Waals surface area (Å²) in [5, 5.41) is 11.9. The van der Waals surface area contributed by atoms with Gasteiger partial charge in [0.25, 0.3) is 5.56 Å². The lowest BCUT2D eigenvalue weighted by Gasteiger charge is -2.31. The molecule has 1 aromatic carbocycles. The number of rotatable bonds is 2. The highest BCUT2D eigenvalue weighted by Crippen LogP contribution is 2.48. The standard InChI is InChI=1S/C24H22FN3O4S/c1-3-10-14(25)6-16-19-18(15(26)9-33-21(10)19)11-7-28-17(20(11)27-16)5-13-12(22(28)29)8-32-23(30)24(13,31)4-2/h5-6,15,31H,3-4,7-9,26H2,1-2H3/t15?,24-/m0/s1. The van der Waals surface area contributed by atoms with E-state index >= 15 is 0 Å². The van der Waals surface area contributed by atoms with Crippen LogP contribution in [0.25, 0.3) is 22.3 Å². The van der Waals surface area contributed by atoms with Gasteiger partial charge in [0.1, 0.15) is 12.4 Å². The van der Waals surface area contributed by atoms with Gasteiger partial charge in [0.15, 0.2) is 5.60 Å². The molecule has 0 aliphatic carbocycles. The van der Waals surface area contributed by atoms with Gasteiger partial charge < -0.3 is 20.1 Å². The van der Waals surface area contributed by atoms with Crippen molar-refractivity contribution >= 4 is 28.6 Å². The molecule has 3 aliphatic rings. The molecule has 0 amide bonds. The maximum Gasteiger partial charge on any atom is 0.343 e. The number of carbonyl (C=O) groups excluding carboxylic acids is 1. The van der Waals surface area contributed by atoms with Gasteiger partial charge in [-0.25, -0.2) is 14.2 Å². The number of cyclic esters (lactones) is 1. The number of carbonyl (C=O) groups is 1. The molecule has 5 heterocycles. The van der Waals surface area contributed by atoms with E-state index in [1.54, 1.807) is 29.3 Å². The minimum absolute atomic E-state index is 0.0709. The predicted molar refractivity (Wildman–Crippen MR) is 122 cm³/mol. The maximum atomic E-state index is 14.9. The molecule has 9 heteroatoms. The number of nitrogens with zero attached hydrogens (tertiary/aromatic N) is 2. The second-order valence-corrected chi connectivity index (χ2v) is 9.82. The highest BCUT2D eigenvalue weighted by molar-refractivity contribution is 7.99. The Bertz CT molecular complexity index is 1470. The number of nitrogens with two attached hydrogens (primary N) is 1. The summed E-state index contributed by atoms with van der Waals surface area (Å²) in [4.78, 5) is 31.5. The van der Waals surface area contributed by atoms with Crippen molar-refractivity contribution in [2.45, 2.75) is 56.4 Å². The molecule has 0 saturated carbocycles. The molecule has 7 nitrogen and oxygen atoms in total. The number of aromatic nitrogens is 2. The molecule has 0 spiro atoms. The second kappa shape index (κ2) is 6.88. The van der Waals surface area contributed by atoms with Crippen LogP contribution in [0, 0.1) is 5.82 Å². The van der Waals surface area contributed by atoms with Crippen LogP contribution in [0.5, 0.6) is 0 Å². The Morgan fingerprint density at radius 2 is 2.12 bits per heavy atom. The molecule has 2 aromatic heterocycles. The van der Waals surface area contributed by atoms with Crippen molar-refractivity contribution in [3.05, 3.63) is 56.1 Å². The quantitative estimate of drug-likeness (QED) is 0.437. The Morgan fingerprint density at radius 3 is 2.85 bits per heavy atom. The molecule has 0 saturated heterocycles. The summed E-state index contributed by atoms with van der Waals surface area (Å²) in [6, 6.07) is 2.83. The summed E-state index contributed by atoms with van der Waals surface area (Å²) >= 11 is 1.55. The molecule has 0 radical (unpaired) electrons. The van der Waals surface area contributed by atoms with E-state index in [2.05, 4.69) is 0 Å². The summed E-state index contributed by atoms with van der Waals surface area (Å²) < 4.78 is 21.6. The number of thioether (sulfide) groups is 1. The summed E-state index contributed by atoms with van der Waals surface area (Å²) in [6.45, 7) is 3.69. The van der Waals surface area contributed by atoms with Gasteiger partial charge in [-0.1, -0.05) is 13.8 Å². The molecule has 3 aromatic rings. The van der Waals surface area contributed by atoms with Crippen LogP contribution < -0.4 is 11.3 Å². The molecule has 3 N–H and O–H groups in total. The number of aliphatic hydroxyl groups is 1. The van der Waals surface area contributed by atoms with Crippen LogP contribution in [0.3, 0.4) is 0 Å². The van der Waals surface area contributed by atoms with Crippen molar-refractivity contribution in [2.24, 2.45) is 5.73 Å². The predicted octanol–water partition coefficient (Wildman–Crippen LogP) is 2.89. The average Bonchev–Trinajstić information content (AvgIpc) is 3.17. The lowest BCUT2D eigenvalue weighted by molar-refractivity contribution is -0.172. The van der Waals surface area contributed by atoms with E-state index in [1.165, 1.54) is 6.07 Å². The topological polar surface area (TPSA) is 107 Å². The second-order valence-electron chi connectivity index (χ2n) is 8.79. The van der Waals surface area contributed by atoms with Crippen molar-refractivity contribution in [1.29, 1.82) is 0 Å². The van der Waals surface area contributed by atoms with E-state index < -0.39 is 11.6 Å². The molecule has 0 bridgehead atoms. The minimum atomic E-state index is -1.89. The highest BCUT2D eigenvalue weighted by Gasteiger charge is 2.45. The van der Waals surface area contributed by atoms with Crippen LogP contribution in [0.15, 0.2) is 21.8 Å². The number of esters is 1. The number of halogens is 1. The Kier molecular flexibility index (Phi) is 4.34. The zero-order valence-electron chi connectivity index (χ0n) is 18.2. The summed E-state index contributed by atoms with van der Waals surface area (Å²) in [6.07, 6.45) is 0.632. The molecule has 33 heavy (non-hydrogen) atoms. The summed E-state index contributed by atoms with van der Waals surface area (Å²) in [7, 11) is 0. The van der Waals surface area contributed by atoms with Gasteiger partial charge in [0, 0.05) is 44.8 Å². The smallest absolute Gasteiger partial charge is 0.343 e. The fourth-order valence-corrected chi connectivity index (χ4v) is 6.69. The van der Waals surface area contributed by atoms with Crippen LogP contribution in [0.2, 0.25) is 0 Å². The SMILES string of the molecule is CCc1c(F)cc2nc3c(c4c2c1SCC4N)Cn1c-3cc2c(c1=O)COC(=O)[C@]2(O)CC. The van der Waals surface area contributed by atoms with Crippen molar-refractivity contribution in [2.75, 3.05) is 5.75 Å². The van der Waals surface area contributed by atoms with E-state index in [-0.39, 0.29) is 48.1 Å². The largest absolute Gasteiger partial charge is 0.458 e. The van der Waals surface area contributed by atoms with E-state index in [9.17, 15) is 19.1 Å².